The van der Waals surface area contributed by atoms with E-state index in [2.05, 4.69) is 26.3 Å². The fourth-order valence-electron chi connectivity index (χ4n) is 1.70. The Bertz CT molecular complexity index is 458. The van der Waals surface area contributed by atoms with Gasteiger partial charge in [-0.1, -0.05) is 5.21 Å². The lowest BCUT2D eigenvalue weighted by atomic mass is 10.5. The summed E-state index contributed by atoms with van der Waals surface area (Å²) in [7, 11) is 0. The molecule has 0 aliphatic carbocycles. The molecule has 104 valence electrons. The van der Waals surface area contributed by atoms with Crippen molar-refractivity contribution in [2.24, 2.45) is 0 Å². The Morgan fingerprint density at radius 1 is 1.58 bits per heavy atom. The van der Waals surface area contributed by atoms with E-state index in [-0.39, 0.29) is 12.1 Å². The Morgan fingerprint density at radius 3 is 3.05 bits per heavy atom. The van der Waals surface area contributed by atoms with E-state index in [0.717, 1.165) is 0 Å². The van der Waals surface area contributed by atoms with Gasteiger partial charge in [0.15, 0.2) is 5.82 Å². The topological polar surface area (TPSA) is 104 Å². The molecule has 0 spiro atoms. The van der Waals surface area contributed by atoms with Gasteiger partial charge in [0.25, 0.3) is 0 Å². The lowest BCUT2D eigenvalue weighted by molar-refractivity contribution is 0.216. The molecule has 0 unspecified atom stereocenters. The van der Waals surface area contributed by atoms with Crippen molar-refractivity contribution in [1.29, 1.82) is 0 Å². The number of hydrogen-bond acceptors (Lipinski definition) is 4. The van der Waals surface area contributed by atoms with Crippen LogP contribution in [-0.4, -0.2) is 58.1 Å². The van der Waals surface area contributed by atoms with E-state index in [9.17, 15) is 9.59 Å². The van der Waals surface area contributed by atoms with E-state index < -0.39 is 0 Å². The zero-order chi connectivity index (χ0) is 13.7. The van der Waals surface area contributed by atoms with Gasteiger partial charge in [-0.3, -0.25) is 10.00 Å². The molecule has 19 heavy (non-hydrogen) atoms. The first-order chi connectivity index (χ1) is 9.19. The van der Waals surface area contributed by atoms with Crippen LogP contribution in [0.3, 0.4) is 0 Å². The summed E-state index contributed by atoms with van der Waals surface area (Å²) in [6, 6.07) is -0.448. The third kappa shape index (κ3) is 3.57. The summed E-state index contributed by atoms with van der Waals surface area (Å²) in [5, 5.41) is 15.5. The molecule has 1 aliphatic rings. The molecule has 9 heteroatoms. The first kappa shape index (κ1) is 13.1. The zero-order valence-electron chi connectivity index (χ0n) is 10.7. The molecule has 0 saturated carbocycles. The van der Waals surface area contributed by atoms with Crippen LogP contribution in [0.2, 0.25) is 0 Å². The summed E-state index contributed by atoms with van der Waals surface area (Å²) < 4.78 is 1.62. The van der Waals surface area contributed by atoms with Gasteiger partial charge in [-0.05, 0) is 6.92 Å². The summed E-state index contributed by atoms with van der Waals surface area (Å²) in [4.78, 5) is 24.4. The van der Waals surface area contributed by atoms with Crippen LogP contribution in [0.25, 0.3) is 0 Å². The SMILES string of the molecule is CCn1cc(NC(=O)NCCN2CCNC2=O)nn1. The molecular formula is C10H17N7O2. The van der Waals surface area contributed by atoms with Crippen LogP contribution in [-0.2, 0) is 6.54 Å². The van der Waals surface area contributed by atoms with Crippen molar-refractivity contribution in [3.8, 4) is 0 Å². The minimum Gasteiger partial charge on any atom is -0.336 e. The van der Waals surface area contributed by atoms with Crippen LogP contribution in [0.1, 0.15) is 6.92 Å². The standard InChI is InChI=1S/C10H17N7O2/c1-2-17-7-8(14-15-17)13-9(18)11-3-5-16-6-4-12-10(16)19/h7H,2-6H2,1H3,(H,12,19)(H2,11,13,18). The number of carbonyl (C=O) groups excluding carboxylic acids is 2. The normalized spacial score (nSPS) is 14.4. The van der Waals surface area contributed by atoms with Crippen molar-refractivity contribution in [1.82, 2.24) is 30.5 Å². The zero-order valence-corrected chi connectivity index (χ0v) is 10.7. The van der Waals surface area contributed by atoms with Crippen LogP contribution >= 0.6 is 0 Å². The highest BCUT2D eigenvalue weighted by atomic mass is 16.2. The second-order valence-electron chi connectivity index (χ2n) is 4.06. The smallest absolute Gasteiger partial charge is 0.320 e. The Hall–Kier alpha value is -2.32. The lowest BCUT2D eigenvalue weighted by Crippen LogP contribution is -2.38. The number of aryl methyl sites for hydroxylation is 1. The summed E-state index contributed by atoms with van der Waals surface area (Å²) >= 11 is 0. The average Bonchev–Trinajstić information content (AvgIpc) is 2.99. The van der Waals surface area contributed by atoms with Crippen molar-refractivity contribution in [2.45, 2.75) is 13.5 Å². The van der Waals surface area contributed by atoms with Crippen LogP contribution in [0, 0.1) is 0 Å². The largest absolute Gasteiger partial charge is 0.336 e. The molecule has 9 nitrogen and oxygen atoms in total. The fraction of sp³-hybridized carbons (Fsp3) is 0.600. The molecule has 4 amide bonds. The third-order valence-corrected chi connectivity index (χ3v) is 2.72. The minimum atomic E-state index is -0.359. The molecule has 0 atom stereocenters. The molecule has 1 aromatic heterocycles. The Balaban J connectivity index is 1.68. The van der Waals surface area contributed by atoms with Gasteiger partial charge in [0.1, 0.15) is 0 Å². The van der Waals surface area contributed by atoms with Gasteiger partial charge >= 0.3 is 12.1 Å². The van der Waals surface area contributed by atoms with Crippen molar-refractivity contribution in [3.63, 3.8) is 0 Å². The predicted molar refractivity (Wildman–Crippen MR) is 67.7 cm³/mol. The molecule has 0 aromatic carbocycles. The van der Waals surface area contributed by atoms with E-state index >= 15 is 0 Å². The maximum Gasteiger partial charge on any atom is 0.320 e. The van der Waals surface area contributed by atoms with Gasteiger partial charge < -0.3 is 15.5 Å². The monoisotopic (exact) mass is 267 g/mol. The van der Waals surface area contributed by atoms with Gasteiger partial charge in [0.2, 0.25) is 0 Å². The lowest BCUT2D eigenvalue weighted by Gasteiger charge is -2.14. The van der Waals surface area contributed by atoms with Gasteiger partial charge in [0.05, 0.1) is 6.20 Å². The Labute approximate surface area is 110 Å². The number of amides is 4. The summed E-state index contributed by atoms with van der Waals surface area (Å²) in [5.41, 5.74) is 0. The van der Waals surface area contributed by atoms with Crippen LogP contribution in [0.4, 0.5) is 15.4 Å². The van der Waals surface area contributed by atoms with Crippen molar-refractivity contribution in [2.75, 3.05) is 31.5 Å². The Kier molecular flexibility index (Phi) is 4.16. The quantitative estimate of drug-likeness (QED) is 0.665. The van der Waals surface area contributed by atoms with Crippen molar-refractivity contribution < 1.29 is 9.59 Å². The second-order valence-corrected chi connectivity index (χ2v) is 4.06. The van der Waals surface area contributed by atoms with Crippen LogP contribution in [0.5, 0.6) is 0 Å². The highest BCUT2D eigenvalue weighted by Crippen LogP contribution is 1.99. The van der Waals surface area contributed by atoms with Gasteiger partial charge in [0, 0.05) is 32.7 Å². The van der Waals surface area contributed by atoms with Gasteiger partial charge in [-0.15, -0.1) is 5.10 Å². The first-order valence-electron chi connectivity index (χ1n) is 6.17. The van der Waals surface area contributed by atoms with Crippen molar-refractivity contribution in [3.05, 3.63) is 6.20 Å². The molecule has 1 aliphatic heterocycles. The number of carbonyl (C=O) groups is 2. The minimum absolute atomic E-state index is 0.0897. The molecule has 1 aromatic rings. The van der Waals surface area contributed by atoms with Crippen molar-refractivity contribution >= 4 is 17.9 Å². The fourth-order valence-corrected chi connectivity index (χ4v) is 1.70. The van der Waals surface area contributed by atoms with Gasteiger partial charge in [-0.25, -0.2) is 9.59 Å². The van der Waals surface area contributed by atoms with E-state index in [1.807, 2.05) is 6.92 Å². The third-order valence-electron chi connectivity index (χ3n) is 2.72. The molecule has 0 bridgehead atoms. The molecule has 2 heterocycles. The number of urea groups is 2. The van der Waals surface area contributed by atoms with E-state index in [1.54, 1.807) is 15.8 Å². The van der Waals surface area contributed by atoms with E-state index in [1.165, 1.54) is 0 Å². The van der Waals surface area contributed by atoms with E-state index in [4.69, 9.17) is 0 Å². The number of anilines is 1. The summed E-state index contributed by atoms with van der Waals surface area (Å²) in [5.74, 6) is 0.401. The highest BCUT2D eigenvalue weighted by molar-refractivity contribution is 5.87. The molecule has 1 saturated heterocycles. The molecule has 1 fully saturated rings. The Morgan fingerprint density at radius 2 is 2.42 bits per heavy atom. The maximum atomic E-state index is 11.5. The first-order valence-corrected chi connectivity index (χ1v) is 6.17. The number of rotatable bonds is 5. The number of nitrogens with one attached hydrogen (secondary N) is 3. The molecule has 3 N–H and O–H groups in total. The summed E-state index contributed by atoms with van der Waals surface area (Å²) in [6.07, 6.45) is 1.65. The molecular weight excluding hydrogens is 250 g/mol. The maximum absolute atomic E-state index is 11.5. The summed E-state index contributed by atoms with van der Waals surface area (Å²) in [6.45, 7) is 4.83. The average molecular weight is 267 g/mol. The molecule has 2 rings (SSSR count). The van der Waals surface area contributed by atoms with Crippen LogP contribution < -0.4 is 16.0 Å². The van der Waals surface area contributed by atoms with E-state index in [0.29, 0.717) is 38.5 Å². The number of hydrogen-bond donors (Lipinski definition) is 3. The van der Waals surface area contributed by atoms with Crippen LogP contribution in [0.15, 0.2) is 6.20 Å². The number of nitrogens with zero attached hydrogens (tertiary/aromatic N) is 4. The highest BCUT2D eigenvalue weighted by Gasteiger charge is 2.18. The number of aromatic nitrogens is 3. The van der Waals surface area contributed by atoms with Gasteiger partial charge in [-0.2, -0.15) is 0 Å². The molecule has 0 radical (unpaired) electrons. The second kappa shape index (κ2) is 6.03. The predicted octanol–water partition coefficient (Wildman–Crippen LogP) is -0.555.